The molecule has 0 amide bonds. The van der Waals surface area contributed by atoms with E-state index in [2.05, 4.69) is 21.0 Å². The summed E-state index contributed by atoms with van der Waals surface area (Å²) in [5.41, 5.74) is -1.39. The highest BCUT2D eigenvalue weighted by molar-refractivity contribution is 9.10. The van der Waals surface area contributed by atoms with E-state index >= 15 is 0 Å². The van der Waals surface area contributed by atoms with Gasteiger partial charge in [0.15, 0.2) is 11.5 Å². The maximum atomic E-state index is 12.8. The van der Waals surface area contributed by atoms with Crippen LogP contribution < -0.4 is 0 Å². The van der Waals surface area contributed by atoms with Gasteiger partial charge in [-0.3, -0.25) is 4.79 Å². The molecule has 0 spiro atoms. The van der Waals surface area contributed by atoms with E-state index in [1.54, 1.807) is 12.1 Å². The molecule has 1 aromatic heterocycles. The lowest BCUT2D eigenvalue weighted by atomic mass is 10.1. The summed E-state index contributed by atoms with van der Waals surface area (Å²) in [6.45, 7) is 1.01. The number of aromatic nitrogens is 2. The van der Waals surface area contributed by atoms with E-state index in [1.807, 2.05) is 0 Å². The zero-order valence-corrected chi connectivity index (χ0v) is 14.0. The molecule has 0 radical (unpaired) electrons. The zero-order chi connectivity index (χ0) is 17.9. The summed E-state index contributed by atoms with van der Waals surface area (Å²) in [4.78, 5) is 24.0. The number of alkyl halides is 3. The number of halogens is 4. The van der Waals surface area contributed by atoms with Gasteiger partial charge in [-0.25, -0.2) is 9.48 Å². The fraction of sp³-hybridized carbons (Fsp3) is 0.267. The molecule has 0 aliphatic heterocycles. The molecule has 5 nitrogen and oxygen atoms in total. The number of carbonyl (C=O) groups is 2. The summed E-state index contributed by atoms with van der Waals surface area (Å²) in [6, 6.07) is 6.87. The van der Waals surface area contributed by atoms with Crippen molar-refractivity contribution in [1.29, 1.82) is 0 Å². The normalized spacial score (nSPS) is 11.4. The minimum absolute atomic E-state index is 0.00791. The molecule has 128 valence electrons. The highest BCUT2D eigenvalue weighted by atomic mass is 79.9. The molecule has 0 aliphatic carbocycles. The Morgan fingerprint density at radius 1 is 1.25 bits per heavy atom. The average Bonchev–Trinajstić information content (AvgIpc) is 2.92. The molecule has 0 atom stereocenters. The smallest absolute Gasteiger partial charge is 0.435 e. The Kier molecular flexibility index (Phi) is 5.43. The SMILES string of the molecule is CCOC(=O)c1cc(C(F)(F)F)nn1CC(=O)c1ccc(Br)cc1. The predicted molar refractivity (Wildman–Crippen MR) is 81.7 cm³/mol. The van der Waals surface area contributed by atoms with Crippen molar-refractivity contribution in [2.75, 3.05) is 6.61 Å². The second-order valence-corrected chi connectivity index (χ2v) is 5.64. The van der Waals surface area contributed by atoms with Crippen molar-refractivity contribution in [2.24, 2.45) is 0 Å². The van der Waals surface area contributed by atoms with Crippen LogP contribution >= 0.6 is 15.9 Å². The van der Waals surface area contributed by atoms with Gasteiger partial charge in [-0.1, -0.05) is 28.1 Å². The van der Waals surface area contributed by atoms with Crippen LogP contribution in [0.3, 0.4) is 0 Å². The van der Waals surface area contributed by atoms with Crippen molar-refractivity contribution in [3.63, 3.8) is 0 Å². The van der Waals surface area contributed by atoms with Crippen molar-refractivity contribution in [3.05, 3.63) is 51.8 Å². The standard InChI is InChI=1S/C15H12BrF3N2O3/c1-2-24-14(23)11-7-13(15(17,18)19)20-21(11)8-12(22)9-3-5-10(16)6-4-9/h3-7H,2,8H2,1H3. The number of carbonyl (C=O) groups excluding carboxylic acids is 2. The highest BCUT2D eigenvalue weighted by Gasteiger charge is 2.36. The first kappa shape index (κ1) is 18.2. The summed E-state index contributed by atoms with van der Waals surface area (Å²) in [6.07, 6.45) is -4.73. The number of esters is 1. The number of nitrogens with zero attached hydrogens (tertiary/aromatic N) is 2. The van der Waals surface area contributed by atoms with Gasteiger partial charge in [0.1, 0.15) is 12.2 Å². The maximum absolute atomic E-state index is 12.8. The van der Waals surface area contributed by atoms with Crippen molar-refractivity contribution in [3.8, 4) is 0 Å². The third kappa shape index (κ3) is 4.22. The van der Waals surface area contributed by atoms with E-state index < -0.39 is 35.9 Å². The summed E-state index contributed by atoms with van der Waals surface area (Å²) < 4.78 is 44.6. The minimum Gasteiger partial charge on any atom is -0.461 e. The second kappa shape index (κ2) is 7.16. The van der Waals surface area contributed by atoms with Crippen molar-refractivity contribution in [2.45, 2.75) is 19.6 Å². The van der Waals surface area contributed by atoms with Crippen molar-refractivity contribution >= 4 is 27.7 Å². The van der Waals surface area contributed by atoms with E-state index in [9.17, 15) is 22.8 Å². The fourth-order valence-corrected chi connectivity index (χ4v) is 2.17. The van der Waals surface area contributed by atoms with Crippen LogP contribution in [-0.2, 0) is 17.5 Å². The van der Waals surface area contributed by atoms with Gasteiger partial charge in [0.2, 0.25) is 0 Å². The molecule has 2 aromatic rings. The number of Topliss-reactive ketones (excluding diaryl/α,β-unsaturated/α-hetero) is 1. The van der Waals surface area contributed by atoms with Gasteiger partial charge in [-0.2, -0.15) is 18.3 Å². The Bertz CT molecular complexity index is 754. The van der Waals surface area contributed by atoms with Gasteiger partial charge in [0.25, 0.3) is 0 Å². The molecule has 0 aliphatic rings. The van der Waals surface area contributed by atoms with E-state index in [4.69, 9.17) is 4.74 Å². The molecule has 0 fully saturated rings. The first-order valence-electron chi connectivity index (χ1n) is 6.83. The monoisotopic (exact) mass is 404 g/mol. The van der Waals surface area contributed by atoms with Crippen LogP contribution in [-0.4, -0.2) is 28.1 Å². The van der Waals surface area contributed by atoms with Gasteiger partial charge >= 0.3 is 12.1 Å². The highest BCUT2D eigenvalue weighted by Crippen LogP contribution is 2.29. The summed E-state index contributed by atoms with van der Waals surface area (Å²) in [5, 5.41) is 3.33. The van der Waals surface area contributed by atoms with Crippen LogP contribution in [0, 0.1) is 0 Å². The first-order valence-corrected chi connectivity index (χ1v) is 7.62. The van der Waals surface area contributed by atoms with Crippen LogP contribution in [0.5, 0.6) is 0 Å². The molecule has 0 saturated heterocycles. The average molecular weight is 405 g/mol. The first-order chi connectivity index (χ1) is 11.2. The number of rotatable bonds is 5. The Morgan fingerprint density at radius 2 is 1.88 bits per heavy atom. The van der Waals surface area contributed by atoms with Gasteiger partial charge in [-0.05, 0) is 19.1 Å². The molecule has 24 heavy (non-hydrogen) atoms. The molecule has 1 heterocycles. The van der Waals surface area contributed by atoms with E-state index in [1.165, 1.54) is 19.1 Å². The van der Waals surface area contributed by atoms with Crippen LogP contribution in [0.2, 0.25) is 0 Å². The van der Waals surface area contributed by atoms with Crippen LogP contribution in [0.1, 0.15) is 33.5 Å². The lowest BCUT2D eigenvalue weighted by Crippen LogP contribution is -2.18. The van der Waals surface area contributed by atoms with E-state index in [0.717, 1.165) is 4.47 Å². The van der Waals surface area contributed by atoms with Gasteiger partial charge in [-0.15, -0.1) is 0 Å². The predicted octanol–water partition coefficient (Wildman–Crippen LogP) is 3.72. The maximum Gasteiger partial charge on any atom is 0.435 e. The Morgan fingerprint density at radius 3 is 2.42 bits per heavy atom. The molecular weight excluding hydrogens is 393 g/mol. The molecule has 0 saturated carbocycles. The lowest BCUT2D eigenvalue weighted by molar-refractivity contribution is -0.141. The number of ketones is 1. The molecule has 2 rings (SSSR count). The molecule has 0 unspecified atom stereocenters. The van der Waals surface area contributed by atoms with E-state index in [0.29, 0.717) is 10.7 Å². The minimum atomic E-state index is -4.73. The summed E-state index contributed by atoms with van der Waals surface area (Å²) in [5.74, 6) is -1.45. The number of hydrogen-bond donors (Lipinski definition) is 0. The molecule has 9 heteroatoms. The number of ether oxygens (including phenoxy) is 1. The molecular formula is C15H12BrF3N2O3. The Hall–Kier alpha value is -2.16. The number of benzene rings is 1. The van der Waals surface area contributed by atoms with Crippen molar-refractivity contribution in [1.82, 2.24) is 9.78 Å². The summed E-state index contributed by atoms with van der Waals surface area (Å²) in [7, 11) is 0. The van der Waals surface area contributed by atoms with E-state index in [-0.39, 0.29) is 12.2 Å². The molecule has 1 aromatic carbocycles. The quantitative estimate of drug-likeness (QED) is 0.562. The second-order valence-electron chi connectivity index (χ2n) is 4.72. The van der Waals surface area contributed by atoms with Gasteiger partial charge < -0.3 is 4.74 Å². The molecule has 0 bridgehead atoms. The molecule has 0 N–H and O–H groups in total. The zero-order valence-electron chi connectivity index (χ0n) is 12.4. The largest absolute Gasteiger partial charge is 0.461 e. The van der Waals surface area contributed by atoms with Crippen LogP contribution in [0.4, 0.5) is 13.2 Å². The summed E-state index contributed by atoms with van der Waals surface area (Å²) >= 11 is 3.22. The van der Waals surface area contributed by atoms with Crippen molar-refractivity contribution < 1.29 is 27.5 Å². The third-order valence-electron chi connectivity index (χ3n) is 3.01. The third-order valence-corrected chi connectivity index (χ3v) is 3.54. The fourth-order valence-electron chi connectivity index (χ4n) is 1.91. The van der Waals surface area contributed by atoms with Gasteiger partial charge in [0, 0.05) is 16.1 Å². The topological polar surface area (TPSA) is 61.2 Å². The van der Waals surface area contributed by atoms with Crippen LogP contribution in [0.15, 0.2) is 34.8 Å². The number of hydrogen-bond acceptors (Lipinski definition) is 4. The Labute approximate surface area is 143 Å². The van der Waals surface area contributed by atoms with Crippen LogP contribution in [0.25, 0.3) is 0 Å². The van der Waals surface area contributed by atoms with Gasteiger partial charge in [0.05, 0.1) is 6.61 Å². The Balaban J connectivity index is 2.33. The lowest BCUT2D eigenvalue weighted by Gasteiger charge is -2.06.